The van der Waals surface area contributed by atoms with Gasteiger partial charge in [0.25, 0.3) is 10.2 Å². The van der Waals surface area contributed by atoms with E-state index in [4.69, 9.17) is 0 Å². The first-order chi connectivity index (χ1) is 15.8. The van der Waals surface area contributed by atoms with Crippen molar-refractivity contribution in [2.45, 2.75) is 57.4 Å². The number of carbonyl (C=O) groups is 1. The van der Waals surface area contributed by atoms with Crippen molar-refractivity contribution in [2.75, 3.05) is 29.8 Å². The van der Waals surface area contributed by atoms with Crippen molar-refractivity contribution >= 4 is 27.6 Å². The van der Waals surface area contributed by atoms with E-state index in [1.54, 1.807) is 17.9 Å². The fourth-order valence-corrected chi connectivity index (χ4v) is 6.60. The van der Waals surface area contributed by atoms with Gasteiger partial charge in [-0.2, -0.15) is 5.10 Å². The van der Waals surface area contributed by atoms with Crippen LogP contribution in [-0.4, -0.2) is 55.3 Å². The van der Waals surface area contributed by atoms with E-state index in [1.807, 2.05) is 7.05 Å². The molecule has 2 amide bonds. The van der Waals surface area contributed by atoms with E-state index in [2.05, 4.69) is 26.1 Å². The predicted octanol–water partition coefficient (Wildman–Crippen LogP) is 0.153. The maximum atomic E-state index is 13.3. The number of rotatable bonds is 6. The van der Waals surface area contributed by atoms with E-state index in [9.17, 15) is 13.2 Å². The Bertz CT molecular complexity index is 1150. The van der Waals surface area contributed by atoms with E-state index in [-0.39, 0.29) is 42.1 Å². The molecule has 1 N–H and O–H groups in total. The minimum absolute atomic E-state index is 0. The molecule has 1 saturated heterocycles. The van der Waals surface area contributed by atoms with Crippen LogP contribution in [-0.2, 0) is 42.9 Å². The summed E-state index contributed by atoms with van der Waals surface area (Å²) in [6.45, 7) is 1.16. The van der Waals surface area contributed by atoms with Gasteiger partial charge in [-0.1, -0.05) is 6.07 Å². The zero-order chi connectivity index (χ0) is 23.2. The molecule has 0 spiro atoms. The summed E-state index contributed by atoms with van der Waals surface area (Å²) in [6, 6.07) is 1.51. The maximum absolute atomic E-state index is 13.3. The number of urea groups is 1. The molecule has 3 aliphatic rings. The van der Waals surface area contributed by atoms with Gasteiger partial charge in [-0.25, -0.2) is 8.42 Å². The van der Waals surface area contributed by atoms with Crippen LogP contribution < -0.4 is 39.2 Å². The van der Waals surface area contributed by atoms with Crippen molar-refractivity contribution < 1.29 is 42.8 Å². The quantitative estimate of drug-likeness (QED) is 0.577. The van der Waals surface area contributed by atoms with Crippen LogP contribution in [0.15, 0.2) is 18.5 Å². The molecule has 2 heterocycles. The van der Waals surface area contributed by atoms with Gasteiger partial charge in [0, 0.05) is 25.8 Å². The van der Waals surface area contributed by atoms with E-state index in [0.29, 0.717) is 5.69 Å². The number of fused-ring (bicyclic) bond motifs is 2. The molecule has 5 rings (SSSR count). The molecule has 1 aromatic carbocycles. The number of aromatic nitrogens is 2. The molecule has 178 valence electrons. The average Bonchev–Trinajstić information content (AvgIpc) is 3.53. The molecule has 9 nitrogen and oxygen atoms in total. The van der Waals surface area contributed by atoms with Crippen molar-refractivity contribution in [3.05, 3.63) is 45.4 Å². The Hall–Kier alpha value is -1.59. The molecule has 34 heavy (non-hydrogen) atoms. The molecule has 1 fully saturated rings. The first kappa shape index (κ1) is 25.5. The molecule has 1 aromatic heterocycles. The van der Waals surface area contributed by atoms with Crippen molar-refractivity contribution in [2.24, 2.45) is 7.05 Å². The number of amides is 2. The largest absolute Gasteiger partial charge is 1.00 e. The Balaban J connectivity index is 0.00000274. The van der Waals surface area contributed by atoms with Gasteiger partial charge in [0.05, 0.1) is 11.9 Å². The second-order valence-corrected chi connectivity index (χ2v) is 10.9. The summed E-state index contributed by atoms with van der Waals surface area (Å²) in [5.74, 6) is 0. The molecule has 1 unspecified atom stereocenters. The molecule has 0 saturated carbocycles. The standard InChI is InChI=1S/C23H32N6O3S.Na/c1-27-11-5-8-18(27)15-29(19-13-24-28(2)14-19)33(31,32)26-23(30)25-22-20-9-3-6-16(20)12-17-7-4-10-21(17)22;/h12-14,18H,3-11,15H2,1-2H3,(H2,25,26,30);/q;+1/p-1. The van der Waals surface area contributed by atoms with Crippen LogP contribution in [0.5, 0.6) is 0 Å². The molecular weight excluding hydrogens is 463 g/mol. The van der Waals surface area contributed by atoms with Gasteiger partial charge in [0.15, 0.2) is 6.03 Å². The molecule has 2 aliphatic carbocycles. The Morgan fingerprint density at radius 2 is 1.82 bits per heavy atom. The van der Waals surface area contributed by atoms with Gasteiger partial charge in [-0.15, -0.1) is 0 Å². The molecule has 1 atom stereocenters. The summed E-state index contributed by atoms with van der Waals surface area (Å²) in [5, 5.41) is 6.99. The summed E-state index contributed by atoms with van der Waals surface area (Å²) < 4.78 is 33.2. The summed E-state index contributed by atoms with van der Waals surface area (Å²) >= 11 is 0. The second-order valence-electron chi connectivity index (χ2n) is 9.41. The van der Waals surface area contributed by atoms with Crippen molar-refractivity contribution in [1.29, 1.82) is 0 Å². The number of aryl methyl sites for hydroxylation is 3. The second kappa shape index (κ2) is 10.2. The summed E-state index contributed by atoms with van der Waals surface area (Å²) in [5.41, 5.74) is 6.05. The molecule has 1 aliphatic heterocycles. The van der Waals surface area contributed by atoms with Gasteiger partial charge in [-0.05, 0) is 92.9 Å². The summed E-state index contributed by atoms with van der Waals surface area (Å²) in [4.78, 5) is 15.1. The van der Waals surface area contributed by atoms with E-state index in [1.165, 1.54) is 21.6 Å². The first-order valence-electron chi connectivity index (χ1n) is 11.7. The van der Waals surface area contributed by atoms with Crippen molar-refractivity contribution in [3.8, 4) is 0 Å². The van der Waals surface area contributed by atoms with E-state index < -0.39 is 16.2 Å². The summed E-state index contributed by atoms with van der Waals surface area (Å²) in [7, 11) is -0.529. The number of likely N-dealkylation sites (N-methyl/N-ethyl adjacent to an activating group) is 1. The van der Waals surface area contributed by atoms with Crippen molar-refractivity contribution in [3.63, 3.8) is 0 Å². The fourth-order valence-electron chi connectivity index (χ4n) is 5.52. The Morgan fingerprint density at radius 1 is 1.15 bits per heavy atom. The zero-order valence-corrected chi connectivity index (χ0v) is 23.1. The number of carbonyl (C=O) groups excluding carboxylic acids is 1. The third-order valence-corrected chi connectivity index (χ3v) is 8.52. The smallest absolute Gasteiger partial charge is 0.423 e. The van der Waals surface area contributed by atoms with E-state index >= 15 is 0 Å². The van der Waals surface area contributed by atoms with Crippen LogP contribution >= 0.6 is 0 Å². The van der Waals surface area contributed by atoms with Gasteiger partial charge in [0.1, 0.15) is 0 Å². The first-order valence-corrected chi connectivity index (χ1v) is 13.1. The monoisotopic (exact) mass is 494 g/mol. The van der Waals surface area contributed by atoms with Crippen LogP contribution in [0, 0.1) is 0 Å². The third-order valence-electron chi connectivity index (χ3n) is 7.21. The van der Waals surface area contributed by atoms with Crippen LogP contribution in [0.3, 0.4) is 0 Å². The average molecular weight is 495 g/mol. The van der Waals surface area contributed by atoms with Gasteiger partial charge < -0.3 is 14.9 Å². The zero-order valence-electron chi connectivity index (χ0n) is 20.2. The molecule has 2 aromatic rings. The number of hydrogen-bond donors (Lipinski definition) is 1. The number of anilines is 2. The van der Waals surface area contributed by atoms with Gasteiger partial charge in [0.2, 0.25) is 0 Å². The SMILES string of the molecule is CN1CCCC1CN(c1cnn(C)c1)S(=O)(=O)[N-]C(=O)Nc1c2c(cc3c1CCC3)CCC2.[Na+]. The number of hydrogen-bond acceptors (Lipinski definition) is 5. The Kier molecular flexibility index (Phi) is 7.64. The maximum Gasteiger partial charge on any atom is 1.00 e. The Morgan fingerprint density at radius 3 is 2.38 bits per heavy atom. The van der Waals surface area contributed by atoms with Gasteiger partial charge in [-0.3, -0.25) is 13.8 Å². The number of likely N-dealkylation sites (tertiary alicyclic amines) is 1. The minimum Gasteiger partial charge on any atom is -0.423 e. The third kappa shape index (κ3) is 5.02. The van der Waals surface area contributed by atoms with Crippen molar-refractivity contribution in [1.82, 2.24) is 14.7 Å². The molecular formula is C23H31N6NaO3S. The number of nitrogens with zero attached hydrogens (tertiary/aromatic N) is 5. The molecule has 0 radical (unpaired) electrons. The predicted molar refractivity (Wildman–Crippen MR) is 128 cm³/mol. The summed E-state index contributed by atoms with van der Waals surface area (Å²) in [6.07, 6.45) is 11.0. The molecule has 0 bridgehead atoms. The van der Waals surface area contributed by atoms with Gasteiger partial charge >= 0.3 is 29.6 Å². The van der Waals surface area contributed by atoms with Crippen LogP contribution in [0.4, 0.5) is 16.2 Å². The topological polar surface area (TPSA) is 102 Å². The fraction of sp³-hybridized carbons (Fsp3) is 0.565. The van der Waals surface area contributed by atoms with Crippen LogP contribution in [0.25, 0.3) is 4.72 Å². The Labute approximate surface area is 223 Å². The molecule has 11 heteroatoms. The minimum atomic E-state index is -4.25. The number of nitrogens with one attached hydrogen (secondary N) is 1. The normalized spacial score (nSPS) is 19.4. The van der Waals surface area contributed by atoms with Crippen LogP contribution in [0.2, 0.25) is 0 Å². The van der Waals surface area contributed by atoms with Crippen LogP contribution in [0.1, 0.15) is 47.9 Å². The van der Waals surface area contributed by atoms with E-state index in [0.717, 1.165) is 74.7 Å². The number of benzene rings is 1.